The van der Waals surface area contributed by atoms with E-state index in [2.05, 4.69) is 0 Å². The fourth-order valence-corrected chi connectivity index (χ4v) is 4.69. The first kappa shape index (κ1) is 20.9. The normalized spacial score (nSPS) is 19.8. The Morgan fingerprint density at radius 1 is 0.964 bits per heavy atom. The van der Waals surface area contributed by atoms with E-state index in [1.807, 2.05) is 41.5 Å². The second-order valence-corrected chi connectivity index (χ2v) is 10.5. The third-order valence-corrected chi connectivity index (χ3v) is 5.97. The topological polar surface area (TPSA) is 79.3 Å². The average Bonchev–Trinajstić information content (AvgIpc) is 2.90. The monoisotopic (exact) mass is 410 g/mol. The van der Waals surface area contributed by atoms with Gasteiger partial charge in [-0.3, -0.25) is 0 Å². The molecule has 3 heterocycles. The molecular weight excluding hydrogens is 380 g/mol. The molecule has 1 aromatic rings. The molecule has 1 unspecified atom stereocenters. The fraction of sp³-hybridized carbons (Fsp3) is 0.700. The van der Waals surface area contributed by atoms with E-state index in [-0.39, 0.29) is 12.6 Å². The number of carbonyl (C=O) groups is 2. The van der Waals surface area contributed by atoms with Crippen LogP contribution in [-0.4, -0.2) is 51.4 Å². The number of hydrogen-bond donors (Lipinski definition) is 1. The summed E-state index contributed by atoms with van der Waals surface area (Å²) < 4.78 is 11.0. The van der Waals surface area contributed by atoms with Crippen molar-refractivity contribution in [3.8, 4) is 0 Å². The summed E-state index contributed by atoms with van der Waals surface area (Å²) in [4.78, 5) is 30.3. The van der Waals surface area contributed by atoms with Gasteiger partial charge in [-0.1, -0.05) is 0 Å². The predicted molar refractivity (Wildman–Crippen MR) is 106 cm³/mol. The number of β-amino-alcohol motifs (C(OH)–C–C–N with tert-alkyl or cyclic N) is 1. The van der Waals surface area contributed by atoms with Gasteiger partial charge in [0.25, 0.3) is 0 Å². The predicted octanol–water partition coefficient (Wildman–Crippen LogP) is 3.83. The molecule has 28 heavy (non-hydrogen) atoms. The van der Waals surface area contributed by atoms with Crippen molar-refractivity contribution in [2.45, 2.75) is 78.4 Å². The number of nitrogens with zero attached hydrogens (tertiary/aromatic N) is 2. The second kappa shape index (κ2) is 7.22. The van der Waals surface area contributed by atoms with Gasteiger partial charge in [-0.25, -0.2) is 9.59 Å². The Morgan fingerprint density at radius 2 is 1.50 bits per heavy atom. The molecule has 0 aromatic carbocycles. The minimum atomic E-state index is -0.734. The highest BCUT2D eigenvalue weighted by Gasteiger charge is 2.36. The van der Waals surface area contributed by atoms with E-state index in [0.717, 1.165) is 22.4 Å². The first-order valence-electron chi connectivity index (χ1n) is 9.61. The fourth-order valence-electron chi connectivity index (χ4n) is 3.40. The van der Waals surface area contributed by atoms with Crippen molar-refractivity contribution in [1.29, 1.82) is 0 Å². The molecule has 0 radical (unpaired) electrons. The van der Waals surface area contributed by atoms with Crippen LogP contribution in [0.3, 0.4) is 0 Å². The largest absolute Gasteiger partial charge is 0.444 e. The van der Waals surface area contributed by atoms with Crippen molar-refractivity contribution in [3.05, 3.63) is 20.9 Å². The lowest BCUT2D eigenvalue weighted by molar-refractivity contribution is 0.00828. The second-order valence-electron chi connectivity index (χ2n) is 9.38. The summed E-state index contributed by atoms with van der Waals surface area (Å²) in [5.74, 6) is 0. The Morgan fingerprint density at radius 3 is 2.07 bits per heavy atom. The molecule has 2 amide bonds. The summed E-state index contributed by atoms with van der Waals surface area (Å²) in [7, 11) is 0. The van der Waals surface area contributed by atoms with Crippen molar-refractivity contribution in [1.82, 2.24) is 9.80 Å². The molecule has 2 aliphatic heterocycles. The molecule has 0 saturated heterocycles. The van der Waals surface area contributed by atoms with Crippen molar-refractivity contribution in [2.24, 2.45) is 0 Å². The Labute approximate surface area is 170 Å². The number of fused-ring (bicyclic) bond motifs is 3. The molecule has 0 spiro atoms. The Balaban J connectivity index is 1.80. The van der Waals surface area contributed by atoms with Gasteiger partial charge in [0.1, 0.15) is 17.3 Å². The lowest BCUT2D eigenvalue weighted by Gasteiger charge is -2.34. The van der Waals surface area contributed by atoms with Crippen LogP contribution in [0.2, 0.25) is 0 Å². The first-order chi connectivity index (χ1) is 12.8. The van der Waals surface area contributed by atoms with Gasteiger partial charge in [0, 0.05) is 16.3 Å². The van der Waals surface area contributed by atoms with E-state index < -0.39 is 23.4 Å². The minimum Gasteiger partial charge on any atom is -0.444 e. The smallest absolute Gasteiger partial charge is 0.410 e. The summed E-state index contributed by atoms with van der Waals surface area (Å²) in [6.07, 6.45) is -0.775. The van der Waals surface area contributed by atoms with Gasteiger partial charge in [-0.05, 0) is 59.1 Å². The molecule has 7 nitrogen and oxygen atoms in total. The van der Waals surface area contributed by atoms with Crippen molar-refractivity contribution in [2.75, 3.05) is 13.1 Å². The van der Waals surface area contributed by atoms with Gasteiger partial charge in [0.05, 0.1) is 19.6 Å². The van der Waals surface area contributed by atoms with E-state index in [1.165, 1.54) is 9.78 Å². The Hall–Kier alpha value is -1.80. The molecule has 8 heteroatoms. The Bertz CT molecular complexity index is 775. The van der Waals surface area contributed by atoms with Gasteiger partial charge in [-0.15, -0.1) is 11.3 Å². The number of hydrogen-bond acceptors (Lipinski definition) is 6. The van der Waals surface area contributed by atoms with Crippen molar-refractivity contribution >= 4 is 23.5 Å². The summed E-state index contributed by atoms with van der Waals surface area (Å²) in [6, 6.07) is 0. The molecule has 1 aromatic heterocycles. The van der Waals surface area contributed by atoms with E-state index in [4.69, 9.17) is 9.47 Å². The van der Waals surface area contributed by atoms with E-state index in [0.29, 0.717) is 19.6 Å². The maximum absolute atomic E-state index is 12.5. The van der Waals surface area contributed by atoms with Crippen molar-refractivity contribution in [3.63, 3.8) is 0 Å². The summed E-state index contributed by atoms with van der Waals surface area (Å²) >= 11 is 1.59. The van der Waals surface area contributed by atoms with Crippen LogP contribution in [0.25, 0.3) is 0 Å². The summed E-state index contributed by atoms with van der Waals surface area (Å²) in [5.41, 5.74) is 0.834. The molecule has 1 atom stereocenters. The maximum atomic E-state index is 12.5. The molecule has 3 rings (SSSR count). The number of rotatable bonds is 0. The SMILES string of the molecule is CC(C)(C)OC(=O)N1CCc2sc3c(c2C1)CN(C(=O)OC(C)(C)C)CC3O. The van der Waals surface area contributed by atoms with Gasteiger partial charge in [-0.2, -0.15) is 0 Å². The van der Waals surface area contributed by atoms with E-state index in [1.54, 1.807) is 16.2 Å². The van der Waals surface area contributed by atoms with E-state index >= 15 is 0 Å². The lowest BCUT2D eigenvalue weighted by atomic mass is 9.98. The molecular formula is C20H30N2O5S. The van der Waals surface area contributed by atoms with Gasteiger partial charge < -0.3 is 24.4 Å². The average molecular weight is 411 g/mol. The molecule has 0 saturated carbocycles. The van der Waals surface area contributed by atoms with Crippen LogP contribution < -0.4 is 0 Å². The molecule has 0 bridgehead atoms. The molecule has 156 valence electrons. The van der Waals surface area contributed by atoms with Gasteiger partial charge in [0.2, 0.25) is 0 Å². The van der Waals surface area contributed by atoms with Crippen LogP contribution in [0.5, 0.6) is 0 Å². The zero-order valence-corrected chi connectivity index (χ0v) is 18.3. The zero-order chi connectivity index (χ0) is 20.9. The van der Waals surface area contributed by atoms with Crippen LogP contribution in [0.4, 0.5) is 9.59 Å². The lowest BCUT2D eigenvalue weighted by Crippen LogP contribution is -2.42. The molecule has 2 aliphatic rings. The van der Waals surface area contributed by atoms with Crippen molar-refractivity contribution < 1.29 is 24.2 Å². The minimum absolute atomic E-state index is 0.219. The number of thiophene rings is 1. The van der Waals surface area contributed by atoms with Crippen LogP contribution in [0, 0.1) is 0 Å². The Kier molecular flexibility index (Phi) is 5.40. The highest BCUT2D eigenvalue weighted by Crippen LogP contribution is 2.40. The summed E-state index contributed by atoms with van der Waals surface area (Å²) in [5, 5.41) is 10.6. The number of amides is 2. The van der Waals surface area contributed by atoms with E-state index in [9.17, 15) is 14.7 Å². The third kappa shape index (κ3) is 4.60. The molecule has 0 fully saturated rings. The number of aliphatic hydroxyl groups excluding tert-OH is 1. The van der Waals surface area contributed by atoms with Crippen LogP contribution in [0.15, 0.2) is 0 Å². The van der Waals surface area contributed by atoms with Crippen LogP contribution in [0.1, 0.15) is 68.5 Å². The first-order valence-corrected chi connectivity index (χ1v) is 10.4. The maximum Gasteiger partial charge on any atom is 0.410 e. The highest BCUT2D eigenvalue weighted by atomic mass is 32.1. The quantitative estimate of drug-likeness (QED) is 0.703. The zero-order valence-electron chi connectivity index (χ0n) is 17.5. The van der Waals surface area contributed by atoms with Gasteiger partial charge in [0.15, 0.2) is 0 Å². The standard InChI is InChI=1S/C20H30N2O5S/c1-19(2,3)26-17(24)21-8-7-15-12(9-21)13-10-22(11-14(23)16(13)28-15)18(25)27-20(4,5)6/h14,23H,7-11H2,1-6H3. The third-order valence-electron chi connectivity index (χ3n) is 4.54. The summed E-state index contributed by atoms with van der Waals surface area (Å²) in [6.45, 7) is 12.6. The van der Waals surface area contributed by atoms with Gasteiger partial charge >= 0.3 is 12.2 Å². The molecule has 0 aliphatic carbocycles. The number of ether oxygens (including phenoxy) is 2. The molecule has 1 N–H and O–H groups in total. The number of carbonyl (C=O) groups excluding carboxylic acids is 2. The highest BCUT2D eigenvalue weighted by molar-refractivity contribution is 7.12. The number of aliphatic hydroxyl groups is 1. The van der Waals surface area contributed by atoms with Crippen LogP contribution in [-0.2, 0) is 29.0 Å². The van der Waals surface area contributed by atoms with Crippen LogP contribution >= 0.6 is 11.3 Å².